The Morgan fingerprint density at radius 2 is 1.95 bits per heavy atom. The standard InChI is InChI=1S/C16H21FN2O/c1-3-14(18)16(15-5-4-10-20-15)19(2)11-12-6-8-13(17)9-7-12/h4-10,14,16H,3,11,18H2,1-2H3. The lowest BCUT2D eigenvalue weighted by Crippen LogP contribution is -2.38. The maximum absolute atomic E-state index is 12.9. The fourth-order valence-electron chi connectivity index (χ4n) is 2.41. The van der Waals surface area contributed by atoms with Crippen molar-refractivity contribution in [3.63, 3.8) is 0 Å². The molecule has 0 saturated heterocycles. The summed E-state index contributed by atoms with van der Waals surface area (Å²) in [5.41, 5.74) is 7.28. The molecule has 3 nitrogen and oxygen atoms in total. The molecule has 0 bridgehead atoms. The van der Waals surface area contributed by atoms with Gasteiger partial charge in [0.05, 0.1) is 12.3 Å². The molecule has 4 heteroatoms. The monoisotopic (exact) mass is 276 g/mol. The van der Waals surface area contributed by atoms with Crippen molar-refractivity contribution >= 4 is 0 Å². The molecule has 2 N–H and O–H groups in total. The van der Waals surface area contributed by atoms with E-state index in [9.17, 15) is 4.39 Å². The third kappa shape index (κ3) is 3.46. The fourth-order valence-corrected chi connectivity index (χ4v) is 2.41. The third-order valence-electron chi connectivity index (χ3n) is 3.53. The Kier molecular flexibility index (Phi) is 4.93. The molecule has 108 valence electrons. The van der Waals surface area contributed by atoms with Gasteiger partial charge in [-0.1, -0.05) is 19.1 Å². The molecule has 0 aliphatic carbocycles. The van der Waals surface area contributed by atoms with Gasteiger partial charge in [0.15, 0.2) is 0 Å². The first-order chi connectivity index (χ1) is 9.61. The van der Waals surface area contributed by atoms with Crippen molar-refractivity contribution in [2.75, 3.05) is 7.05 Å². The van der Waals surface area contributed by atoms with E-state index in [4.69, 9.17) is 10.2 Å². The SMILES string of the molecule is CCC(N)C(c1ccco1)N(C)Cc1ccc(F)cc1. The molecule has 0 amide bonds. The number of nitrogens with two attached hydrogens (primary N) is 1. The smallest absolute Gasteiger partial charge is 0.123 e. The van der Waals surface area contributed by atoms with Crippen LogP contribution in [-0.4, -0.2) is 18.0 Å². The number of hydrogen-bond acceptors (Lipinski definition) is 3. The molecule has 1 heterocycles. The minimum atomic E-state index is -0.218. The predicted molar refractivity (Wildman–Crippen MR) is 77.6 cm³/mol. The van der Waals surface area contributed by atoms with E-state index in [0.717, 1.165) is 17.7 Å². The van der Waals surface area contributed by atoms with Gasteiger partial charge in [-0.15, -0.1) is 0 Å². The molecule has 0 spiro atoms. The predicted octanol–water partition coefficient (Wildman–Crippen LogP) is 3.33. The van der Waals surface area contributed by atoms with Crippen LogP contribution in [0.4, 0.5) is 4.39 Å². The number of likely N-dealkylation sites (N-methyl/N-ethyl adjacent to an activating group) is 1. The summed E-state index contributed by atoms with van der Waals surface area (Å²) in [4.78, 5) is 2.14. The summed E-state index contributed by atoms with van der Waals surface area (Å²) in [6.07, 6.45) is 2.52. The Hall–Kier alpha value is -1.65. The second kappa shape index (κ2) is 6.68. The summed E-state index contributed by atoms with van der Waals surface area (Å²) in [5.74, 6) is 0.646. The number of nitrogens with zero attached hydrogens (tertiary/aromatic N) is 1. The van der Waals surface area contributed by atoms with E-state index < -0.39 is 0 Å². The Labute approximate surface area is 119 Å². The Balaban J connectivity index is 2.14. The van der Waals surface area contributed by atoms with Gasteiger partial charge in [0.1, 0.15) is 11.6 Å². The molecule has 0 fully saturated rings. The van der Waals surface area contributed by atoms with Crippen LogP contribution >= 0.6 is 0 Å². The van der Waals surface area contributed by atoms with Crippen LogP contribution in [-0.2, 0) is 6.54 Å². The van der Waals surface area contributed by atoms with Crippen molar-refractivity contribution in [3.8, 4) is 0 Å². The van der Waals surface area contributed by atoms with E-state index in [1.807, 2.05) is 19.2 Å². The first-order valence-electron chi connectivity index (χ1n) is 6.85. The van der Waals surface area contributed by atoms with Gasteiger partial charge in [-0.2, -0.15) is 0 Å². The lowest BCUT2D eigenvalue weighted by Gasteiger charge is -2.30. The highest BCUT2D eigenvalue weighted by molar-refractivity contribution is 5.17. The van der Waals surface area contributed by atoms with E-state index in [1.165, 1.54) is 12.1 Å². The van der Waals surface area contributed by atoms with Crippen LogP contribution in [0.3, 0.4) is 0 Å². The van der Waals surface area contributed by atoms with Gasteiger partial charge >= 0.3 is 0 Å². The molecule has 2 atom stereocenters. The molecule has 2 rings (SSSR count). The quantitative estimate of drug-likeness (QED) is 0.880. The van der Waals surface area contributed by atoms with Gasteiger partial charge in [0, 0.05) is 12.6 Å². The zero-order valence-electron chi connectivity index (χ0n) is 11.9. The van der Waals surface area contributed by atoms with Crippen LogP contribution in [0, 0.1) is 5.82 Å². The van der Waals surface area contributed by atoms with Gasteiger partial charge in [-0.05, 0) is 43.3 Å². The van der Waals surface area contributed by atoms with Crippen molar-refractivity contribution in [3.05, 3.63) is 59.8 Å². The minimum absolute atomic E-state index is 0.00778. The molecular formula is C16H21FN2O. The maximum atomic E-state index is 12.9. The number of furan rings is 1. The van der Waals surface area contributed by atoms with Crippen molar-refractivity contribution in [1.29, 1.82) is 0 Å². The van der Waals surface area contributed by atoms with Gasteiger partial charge in [0.25, 0.3) is 0 Å². The maximum Gasteiger partial charge on any atom is 0.123 e. The van der Waals surface area contributed by atoms with Gasteiger partial charge in [-0.3, -0.25) is 4.90 Å². The number of hydrogen-bond donors (Lipinski definition) is 1. The molecular weight excluding hydrogens is 255 g/mol. The molecule has 2 unspecified atom stereocenters. The largest absolute Gasteiger partial charge is 0.468 e. The van der Waals surface area contributed by atoms with Gasteiger partial charge in [0.2, 0.25) is 0 Å². The number of halogens is 1. The van der Waals surface area contributed by atoms with Crippen LogP contribution in [0.1, 0.15) is 30.7 Å². The summed E-state index contributed by atoms with van der Waals surface area (Å²) in [5, 5.41) is 0. The molecule has 2 aromatic rings. The average molecular weight is 276 g/mol. The lowest BCUT2D eigenvalue weighted by molar-refractivity contribution is 0.175. The molecule has 20 heavy (non-hydrogen) atoms. The summed E-state index contributed by atoms with van der Waals surface area (Å²) in [7, 11) is 2.01. The third-order valence-corrected chi connectivity index (χ3v) is 3.53. The highest BCUT2D eigenvalue weighted by Crippen LogP contribution is 2.25. The minimum Gasteiger partial charge on any atom is -0.468 e. The zero-order valence-corrected chi connectivity index (χ0v) is 11.9. The van der Waals surface area contributed by atoms with Crippen LogP contribution in [0.2, 0.25) is 0 Å². The van der Waals surface area contributed by atoms with E-state index in [0.29, 0.717) is 6.54 Å². The molecule has 0 aliphatic rings. The first kappa shape index (κ1) is 14.8. The zero-order chi connectivity index (χ0) is 14.5. The molecule has 0 aliphatic heterocycles. The summed E-state index contributed by atoms with van der Waals surface area (Å²) in [6, 6.07) is 10.4. The van der Waals surface area contributed by atoms with Crippen molar-refractivity contribution in [1.82, 2.24) is 4.90 Å². The van der Waals surface area contributed by atoms with Crippen LogP contribution < -0.4 is 5.73 Å². The number of rotatable bonds is 6. The van der Waals surface area contributed by atoms with Crippen LogP contribution in [0.15, 0.2) is 47.1 Å². The lowest BCUT2D eigenvalue weighted by atomic mass is 10.0. The highest BCUT2D eigenvalue weighted by Gasteiger charge is 2.25. The van der Waals surface area contributed by atoms with Crippen molar-refractivity contribution in [2.24, 2.45) is 5.73 Å². The normalized spacial score (nSPS) is 14.4. The van der Waals surface area contributed by atoms with Crippen molar-refractivity contribution in [2.45, 2.75) is 32.0 Å². The van der Waals surface area contributed by atoms with Crippen molar-refractivity contribution < 1.29 is 8.81 Å². The summed E-state index contributed by atoms with van der Waals surface area (Å²) < 4.78 is 18.5. The summed E-state index contributed by atoms with van der Waals surface area (Å²) in [6.45, 7) is 2.76. The highest BCUT2D eigenvalue weighted by atomic mass is 19.1. The second-order valence-electron chi connectivity index (χ2n) is 5.07. The molecule has 0 radical (unpaired) electrons. The Bertz CT molecular complexity index is 510. The van der Waals surface area contributed by atoms with Gasteiger partial charge < -0.3 is 10.2 Å². The van der Waals surface area contributed by atoms with E-state index in [2.05, 4.69) is 11.8 Å². The Morgan fingerprint density at radius 1 is 1.25 bits per heavy atom. The molecule has 0 saturated carbocycles. The van der Waals surface area contributed by atoms with Crippen LogP contribution in [0.25, 0.3) is 0 Å². The molecule has 1 aromatic heterocycles. The molecule has 1 aromatic carbocycles. The topological polar surface area (TPSA) is 42.4 Å². The number of benzene rings is 1. The van der Waals surface area contributed by atoms with E-state index in [-0.39, 0.29) is 17.9 Å². The van der Waals surface area contributed by atoms with Gasteiger partial charge in [-0.25, -0.2) is 4.39 Å². The summed E-state index contributed by atoms with van der Waals surface area (Å²) >= 11 is 0. The average Bonchev–Trinajstić information content (AvgIpc) is 2.95. The van der Waals surface area contributed by atoms with E-state index >= 15 is 0 Å². The first-order valence-corrected chi connectivity index (χ1v) is 6.85. The Morgan fingerprint density at radius 3 is 2.50 bits per heavy atom. The second-order valence-corrected chi connectivity index (χ2v) is 5.07. The fraction of sp³-hybridized carbons (Fsp3) is 0.375. The van der Waals surface area contributed by atoms with Crippen LogP contribution in [0.5, 0.6) is 0 Å². The van der Waals surface area contributed by atoms with E-state index in [1.54, 1.807) is 18.4 Å².